The Bertz CT molecular complexity index is 659. The molecule has 1 unspecified atom stereocenters. The second kappa shape index (κ2) is 6.88. The van der Waals surface area contributed by atoms with E-state index in [-0.39, 0.29) is 0 Å². The van der Waals surface area contributed by atoms with Crippen molar-refractivity contribution in [2.24, 2.45) is 0 Å². The van der Waals surface area contributed by atoms with Crippen LogP contribution < -0.4 is 9.80 Å². The molecule has 0 aromatic carbocycles. The average Bonchev–Trinajstić information content (AvgIpc) is 3.16. The lowest BCUT2D eigenvalue weighted by Gasteiger charge is -2.26. The van der Waals surface area contributed by atoms with E-state index in [1.54, 1.807) is 0 Å². The zero-order chi connectivity index (χ0) is 16.4. The van der Waals surface area contributed by atoms with Crippen LogP contribution in [-0.4, -0.2) is 55.1 Å². The average molecular weight is 380 g/mol. The number of aromatic nitrogens is 2. The van der Waals surface area contributed by atoms with E-state index in [2.05, 4.69) is 42.7 Å². The van der Waals surface area contributed by atoms with Crippen molar-refractivity contribution in [1.29, 1.82) is 0 Å². The van der Waals surface area contributed by atoms with Crippen LogP contribution in [0.4, 0.5) is 11.8 Å². The van der Waals surface area contributed by atoms with Gasteiger partial charge in [-0.1, -0.05) is 0 Å². The molecule has 0 bridgehead atoms. The summed E-state index contributed by atoms with van der Waals surface area (Å²) >= 11 is 3.35. The predicted octanol–water partition coefficient (Wildman–Crippen LogP) is 2.61. The van der Waals surface area contributed by atoms with Crippen molar-refractivity contribution < 1.29 is 4.42 Å². The van der Waals surface area contributed by atoms with Crippen molar-refractivity contribution in [3.63, 3.8) is 0 Å². The lowest BCUT2D eigenvalue weighted by atomic mass is 10.2. The van der Waals surface area contributed by atoms with Crippen LogP contribution in [0, 0.1) is 0 Å². The number of hydrogen-bond donors (Lipinski definition) is 0. The first kappa shape index (κ1) is 16.3. The smallest absolute Gasteiger partial charge is 0.226 e. The normalized spacial score (nSPS) is 18.3. The van der Waals surface area contributed by atoms with Crippen LogP contribution >= 0.6 is 15.9 Å². The maximum absolute atomic E-state index is 5.60. The van der Waals surface area contributed by atoms with E-state index in [1.165, 1.54) is 0 Å². The Morgan fingerprint density at radius 1 is 1.30 bits per heavy atom. The van der Waals surface area contributed by atoms with Gasteiger partial charge in [0.15, 0.2) is 4.67 Å². The van der Waals surface area contributed by atoms with Gasteiger partial charge in [-0.3, -0.25) is 4.90 Å². The van der Waals surface area contributed by atoms with Crippen LogP contribution in [0.15, 0.2) is 33.5 Å². The number of nitrogens with zero attached hydrogens (tertiary/aromatic N) is 5. The second-order valence-electron chi connectivity index (χ2n) is 6.10. The first-order valence-corrected chi connectivity index (χ1v) is 8.52. The minimum absolute atomic E-state index is 0.457. The molecule has 0 saturated carbocycles. The van der Waals surface area contributed by atoms with Crippen LogP contribution in [-0.2, 0) is 6.54 Å². The molecular formula is C16H22BrN5O. The van der Waals surface area contributed by atoms with Crippen LogP contribution in [0.2, 0.25) is 0 Å². The molecule has 1 fully saturated rings. The molecule has 1 atom stereocenters. The number of likely N-dealkylation sites (tertiary alicyclic amines) is 1. The van der Waals surface area contributed by atoms with Crippen LogP contribution in [0.25, 0.3) is 0 Å². The number of halogens is 1. The number of hydrogen-bond acceptors (Lipinski definition) is 6. The van der Waals surface area contributed by atoms with Crippen LogP contribution in [0.5, 0.6) is 0 Å². The topological polar surface area (TPSA) is 48.6 Å². The van der Waals surface area contributed by atoms with Gasteiger partial charge in [0.1, 0.15) is 11.6 Å². The molecule has 0 N–H and O–H groups in total. The van der Waals surface area contributed by atoms with Crippen molar-refractivity contribution in [3.8, 4) is 0 Å². The molecular weight excluding hydrogens is 358 g/mol. The third kappa shape index (κ3) is 3.84. The maximum Gasteiger partial charge on any atom is 0.226 e. The van der Waals surface area contributed by atoms with Crippen molar-refractivity contribution in [2.75, 3.05) is 44.0 Å². The highest BCUT2D eigenvalue weighted by Crippen LogP contribution is 2.23. The lowest BCUT2D eigenvalue weighted by molar-refractivity contribution is 0.291. The molecule has 1 aliphatic heterocycles. The summed E-state index contributed by atoms with van der Waals surface area (Å²) in [5, 5.41) is 0. The predicted molar refractivity (Wildman–Crippen MR) is 94.9 cm³/mol. The van der Waals surface area contributed by atoms with Crippen molar-refractivity contribution in [2.45, 2.75) is 19.0 Å². The van der Waals surface area contributed by atoms with E-state index < -0.39 is 0 Å². The Kier molecular flexibility index (Phi) is 4.87. The quantitative estimate of drug-likeness (QED) is 0.795. The number of anilines is 2. The third-order valence-electron chi connectivity index (χ3n) is 4.19. The van der Waals surface area contributed by atoms with Gasteiger partial charge in [0.2, 0.25) is 5.95 Å². The highest BCUT2D eigenvalue weighted by Gasteiger charge is 2.27. The van der Waals surface area contributed by atoms with E-state index in [0.717, 1.165) is 48.3 Å². The summed E-state index contributed by atoms with van der Waals surface area (Å²) < 4.78 is 6.39. The lowest BCUT2D eigenvalue weighted by Crippen LogP contribution is -2.35. The summed E-state index contributed by atoms with van der Waals surface area (Å²) in [5.41, 5.74) is 0. The van der Waals surface area contributed by atoms with Crippen molar-refractivity contribution in [3.05, 3.63) is 34.8 Å². The molecule has 2 aromatic heterocycles. The van der Waals surface area contributed by atoms with Gasteiger partial charge in [-0.15, -0.1) is 0 Å². The van der Waals surface area contributed by atoms with Gasteiger partial charge in [0, 0.05) is 46.5 Å². The first-order valence-electron chi connectivity index (χ1n) is 7.72. The monoisotopic (exact) mass is 379 g/mol. The Labute approximate surface area is 145 Å². The zero-order valence-corrected chi connectivity index (χ0v) is 15.3. The van der Waals surface area contributed by atoms with Crippen molar-refractivity contribution >= 4 is 27.7 Å². The number of rotatable bonds is 5. The third-order valence-corrected chi connectivity index (χ3v) is 4.62. The van der Waals surface area contributed by atoms with E-state index in [9.17, 15) is 0 Å². The minimum Gasteiger partial charge on any atom is -0.453 e. The van der Waals surface area contributed by atoms with Gasteiger partial charge in [-0.2, -0.15) is 4.98 Å². The number of likely N-dealkylation sites (N-methyl/N-ethyl adjacent to an activating group) is 1. The van der Waals surface area contributed by atoms with Gasteiger partial charge in [-0.05, 0) is 40.5 Å². The van der Waals surface area contributed by atoms with E-state index >= 15 is 0 Å². The molecule has 0 radical (unpaired) electrons. The van der Waals surface area contributed by atoms with E-state index in [4.69, 9.17) is 4.42 Å². The largest absolute Gasteiger partial charge is 0.453 e. The van der Waals surface area contributed by atoms with Gasteiger partial charge in [0.05, 0.1) is 6.54 Å². The molecule has 124 valence electrons. The van der Waals surface area contributed by atoms with Crippen molar-refractivity contribution in [1.82, 2.24) is 14.9 Å². The molecule has 0 spiro atoms. The Morgan fingerprint density at radius 3 is 2.83 bits per heavy atom. The molecule has 6 nitrogen and oxygen atoms in total. The Morgan fingerprint density at radius 2 is 2.13 bits per heavy atom. The fourth-order valence-electron chi connectivity index (χ4n) is 2.87. The molecule has 1 aliphatic rings. The molecule has 0 amide bonds. The summed E-state index contributed by atoms with van der Waals surface area (Å²) in [6, 6.07) is 6.39. The molecule has 1 saturated heterocycles. The fraction of sp³-hybridized carbons (Fsp3) is 0.500. The van der Waals surface area contributed by atoms with Crippen LogP contribution in [0.1, 0.15) is 12.2 Å². The fourth-order valence-corrected chi connectivity index (χ4v) is 3.21. The Hall–Kier alpha value is -1.60. The SMILES string of the molecule is CN(C)c1nccc(N(C)C2CCN(Cc3ccc(Br)o3)C2)n1. The molecule has 0 aliphatic carbocycles. The highest BCUT2D eigenvalue weighted by atomic mass is 79.9. The molecule has 2 aromatic rings. The summed E-state index contributed by atoms with van der Waals surface area (Å²) in [5.74, 6) is 2.71. The van der Waals surface area contributed by atoms with E-state index in [1.807, 2.05) is 43.4 Å². The summed E-state index contributed by atoms with van der Waals surface area (Å²) in [7, 11) is 6.02. The summed E-state index contributed by atoms with van der Waals surface area (Å²) in [4.78, 5) is 15.5. The van der Waals surface area contributed by atoms with Gasteiger partial charge < -0.3 is 14.2 Å². The summed E-state index contributed by atoms with van der Waals surface area (Å²) in [6.07, 6.45) is 2.95. The minimum atomic E-state index is 0.457. The maximum atomic E-state index is 5.60. The van der Waals surface area contributed by atoms with Gasteiger partial charge in [-0.25, -0.2) is 4.98 Å². The number of furan rings is 1. The molecule has 3 rings (SSSR count). The standard InChI is InChI=1S/C16H22BrN5O/c1-20(2)16-18-8-6-15(19-16)21(3)12-7-9-22(10-12)11-13-4-5-14(17)23-13/h4-6,8,12H,7,9-11H2,1-3H3. The molecule has 3 heterocycles. The zero-order valence-electron chi connectivity index (χ0n) is 13.7. The summed E-state index contributed by atoms with van der Waals surface area (Å²) in [6.45, 7) is 2.93. The van der Waals surface area contributed by atoms with Gasteiger partial charge in [0.25, 0.3) is 0 Å². The Balaban J connectivity index is 1.63. The molecule has 7 heteroatoms. The molecule has 23 heavy (non-hydrogen) atoms. The van der Waals surface area contributed by atoms with Crippen LogP contribution in [0.3, 0.4) is 0 Å². The highest BCUT2D eigenvalue weighted by molar-refractivity contribution is 9.10. The first-order chi connectivity index (χ1) is 11.0. The van der Waals surface area contributed by atoms with Gasteiger partial charge >= 0.3 is 0 Å². The van der Waals surface area contributed by atoms with E-state index in [0.29, 0.717) is 6.04 Å². The second-order valence-corrected chi connectivity index (χ2v) is 6.89.